The summed E-state index contributed by atoms with van der Waals surface area (Å²) in [6.07, 6.45) is 4.47. The van der Waals surface area contributed by atoms with Crippen molar-refractivity contribution in [3.63, 3.8) is 0 Å². The molecule has 4 rings (SSSR count). The van der Waals surface area contributed by atoms with E-state index in [-0.39, 0.29) is 18.2 Å². The second-order valence-electron chi connectivity index (χ2n) is 7.98. The fourth-order valence-electron chi connectivity index (χ4n) is 4.20. The van der Waals surface area contributed by atoms with Gasteiger partial charge in [0.2, 0.25) is 5.91 Å². The molecule has 7 nitrogen and oxygen atoms in total. The minimum Gasteiger partial charge on any atom is -0.465 e. The Morgan fingerprint density at radius 2 is 1.69 bits per heavy atom. The van der Waals surface area contributed by atoms with Gasteiger partial charge in [-0.05, 0) is 29.8 Å². The van der Waals surface area contributed by atoms with Gasteiger partial charge in [0.15, 0.2) is 0 Å². The van der Waals surface area contributed by atoms with E-state index in [2.05, 4.69) is 34.1 Å². The van der Waals surface area contributed by atoms with Crippen LogP contribution in [0.1, 0.15) is 22.3 Å². The van der Waals surface area contributed by atoms with Crippen LogP contribution in [0.25, 0.3) is 6.08 Å². The number of benzene rings is 2. The zero-order chi connectivity index (χ0) is 22.5. The molecule has 0 unspecified atom stereocenters. The number of carbonyl (C=O) groups excluding carboxylic acids is 3. The van der Waals surface area contributed by atoms with Gasteiger partial charge >= 0.3 is 5.97 Å². The number of anilines is 1. The van der Waals surface area contributed by atoms with E-state index in [1.807, 2.05) is 18.2 Å². The topological polar surface area (TPSA) is 70.2 Å². The van der Waals surface area contributed by atoms with E-state index in [1.54, 1.807) is 24.3 Å². The largest absolute Gasteiger partial charge is 0.465 e. The normalized spacial score (nSPS) is 20.3. The highest BCUT2D eigenvalue weighted by Gasteiger charge is 2.43. The van der Waals surface area contributed by atoms with E-state index >= 15 is 0 Å². The van der Waals surface area contributed by atoms with Crippen LogP contribution in [0, 0.1) is 0 Å². The average Bonchev–Trinajstić information content (AvgIpc) is 3.13. The quantitative estimate of drug-likeness (QED) is 0.515. The van der Waals surface area contributed by atoms with E-state index < -0.39 is 12.0 Å². The Bertz CT molecular complexity index is 996. The van der Waals surface area contributed by atoms with Crippen molar-refractivity contribution in [2.24, 2.45) is 0 Å². The van der Waals surface area contributed by atoms with Gasteiger partial charge in [-0.1, -0.05) is 42.5 Å². The number of ether oxygens (including phenoxy) is 1. The predicted octanol–water partition coefficient (Wildman–Crippen LogP) is 2.44. The number of piperazine rings is 1. The molecule has 0 aliphatic carbocycles. The number of rotatable bonds is 6. The zero-order valence-electron chi connectivity index (χ0n) is 18.1. The molecule has 2 aromatic carbocycles. The molecule has 32 heavy (non-hydrogen) atoms. The van der Waals surface area contributed by atoms with Gasteiger partial charge in [0.1, 0.15) is 0 Å². The molecule has 2 saturated heterocycles. The maximum atomic E-state index is 13.0. The first-order valence-corrected chi connectivity index (χ1v) is 10.8. The summed E-state index contributed by atoms with van der Waals surface area (Å²) >= 11 is 0. The smallest absolute Gasteiger partial charge is 0.337 e. The molecule has 2 fully saturated rings. The van der Waals surface area contributed by atoms with Crippen molar-refractivity contribution in [2.75, 3.05) is 44.7 Å². The molecule has 2 aliphatic heterocycles. The van der Waals surface area contributed by atoms with E-state index in [9.17, 15) is 14.4 Å². The zero-order valence-corrected chi connectivity index (χ0v) is 18.1. The lowest BCUT2D eigenvalue weighted by Crippen LogP contribution is -2.52. The molecule has 166 valence electrons. The van der Waals surface area contributed by atoms with Crippen LogP contribution in [-0.2, 0) is 14.3 Å². The Morgan fingerprint density at radius 3 is 2.34 bits per heavy atom. The van der Waals surface area contributed by atoms with Crippen LogP contribution >= 0.6 is 0 Å². The van der Waals surface area contributed by atoms with Crippen molar-refractivity contribution in [3.8, 4) is 0 Å². The first-order chi connectivity index (χ1) is 15.6. The highest BCUT2D eigenvalue weighted by Crippen LogP contribution is 2.26. The first kappa shape index (κ1) is 21.9. The van der Waals surface area contributed by atoms with Crippen LogP contribution in [0.2, 0.25) is 0 Å². The maximum Gasteiger partial charge on any atom is 0.337 e. The molecule has 2 aliphatic rings. The van der Waals surface area contributed by atoms with Gasteiger partial charge in [-0.15, -0.1) is 0 Å². The molecule has 1 atom stereocenters. The highest BCUT2D eigenvalue weighted by atomic mass is 16.5. The van der Waals surface area contributed by atoms with E-state index in [0.717, 1.165) is 32.7 Å². The number of imide groups is 1. The van der Waals surface area contributed by atoms with Gasteiger partial charge in [-0.3, -0.25) is 19.4 Å². The third-order valence-corrected chi connectivity index (χ3v) is 5.99. The van der Waals surface area contributed by atoms with Gasteiger partial charge in [0, 0.05) is 32.7 Å². The number of esters is 1. The number of methoxy groups -OCH3 is 1. The number of hydrogen-bond acceptors (Lipinski definition) is 6. The van der Waals surface area contributed by atoms with Crippen LogP contribution in [-0.4, -0.2) is 73.5 Å². The molecule has 0 saturated carbocycles. The van der Waals surface area contributed by atoms with Gasteiger partial charge in [-0.2, -0.15) is 0 Å². The minimum atomic E-state index is -0.454. The van der Waals surface area contributed by atoms with Crippen LogP contribution < -0.4 is 4.90 Å². The maximum absolute atomic E-state index is 13.0. The summed E-state index contributed by atoms with van der Waals surface area (Å²) in [5, 5.41) is 0. The van der Waals surface area contributed by atoms with E-state index in [4.69, 9.17) is 4.74 Å². The molecule has 0 N–H and O–H groups in total. The third kappa shape index (κ3) is 4.79. The Labute approximate surface area is 187 Å². The molecule has 7 heteroatoms. The van der Waals surface area contributed by atoms with E-state index in [0.29, 0.717) is 11.3 Å². The lowest BCUT2D eigenvalue weighted by Gasteiger charge is -2.36. The molecular weight excluding hydrogens is 406 g/mol. The highest BCUT2D eigenvalue weighted by molar-refractivity contribution is 6.22. The number of hydrogen-bond donors (Lipinski definition) is 0. The molecular formula is C25H27N3O4. The van der Waals surface area contributed by atoms with Crippen LogP contribution in [0.5, 0.6) is 0 Å². The predicted molar refractivity (Wildman–Crippen MR) is 122 cm³/mol. The fourth-order valence-corrected chi connectivity index (χ4v) is 4.20. The SMILES string of the molecule is COC(=O)c1ccc(N2C(=O)C[C@H](N3CCN(C/C=C/c4ccccc4)CC3)C2=O)cc1. The molecule has 2 aromatic rings. The minimum absolute atomic E-state index is 0.186. The molecule has 0 spiro atoms. The monoisotopic (exact) mass is 433 g/mol. The van der Waals surface area contributed by atoms with Crippen LogP contribution in [0.4, 0.5) is 5.69 Å². The summed E-state index contributed by atoms with van der Waals surface area (Å²) in [7, 11) is 1.31. The van der Waals surface area contributed by atoms with Crippen LogP contribution in [0.3, 0.4) is 0 Å². The van der Waals surface area contributed by atoms with Gasteiger partial charge in [0.05, 0.1) is 30.8 Å². The van der Waals surface area contributed by atoms with Crippen molar-refractivity contribution in [3.05, 3.63) is 71.8 Å². The molecule has 0 aromatic heterocycles. The first-order valence-electron chi connectivity index (χ1n) is 10.8. The van der Waals surface area contributed by atoms with Gasteiger partial charge in [0.25, 0.3) is 5.91 Å². The summed E-state index contributed by atoms with van der Waals surface area (Å²) < 4.78 is 4.69. The summed E-state index contributed by atoms with van der Waals surface area (Å²) in [6, 6.07) is 16.1. The molecule has 2 heterocycles. The van der Waals surface area contributed by atoms with Gasteiger partial charge in [-0.25, -0.2) is 9.69 Å². The third-order valence-electron chi connectivity index (χ3n) is 5.99. The Kier molecular flexibility index (Phi) is 6.78. The number of nitrogens with zero attached hydrogens (tertiary/aromatic N) is 3. The van der Waals surface area contributed by atoms with E-state index in [1.165, 1.54) is 17.6 Å². The van der Waals surface area contributed by atoms with Crippen molar-refractivity contribution in [1.29, 1.82) is 0 Å². The van der Waals surface area contributed by atoms with Crippen molar-refractivity contribution < 1.29 is 19.1 Å². The lowest BCUT2D eigenvalue weighted by atomic mass is 10.1. The standard InChI is InChI=1S/C25H27N3O4/c1-32-25(31)20-9-11-21(12-10-20)28-23(29)18-22(24(28)30)27-16-14-26(15-17-27)13-5-8-19-6-3-2-4-7-19/h2-12,22H,13-18H2,1H3/b8-5+/t22-/m0/s1. The summed E-state index contributed by atoms with van der Waals surface area (Å²) in [5.41, 5.74) is 2.05. The van der Waals surface area contributed by atoms with Crippen molar-refractivity contribution in [1.82, 2.24) is 9.80 Å². The number of carbonyl (C=O) groups is 3. The van der Waals surface area contributed by atoms with Gasteiger partial charge < -0.3 is 4.74 Å². The van der Waals surface area contributed by atoms with Crippen molar-refractivity contribution >= 4 is 29.5 Å². The lowest BCUT2D eigenvalue weighted by molar-refractivity contribution is -0.123. The number of amides is 2. The average molecular weight is 434 g/mol. The second kappa shape index (κ2) is 9.89. The summed E-state index contributed by atoms with van der Waals surface area (Å²) in [5.74, 6) is -0.859. The molecule has 2 amide bonds. The summed E-state index contributed by atoms with van der Waals surface area (Å²) in [6.45, 7) is 4.06. The Hall–Kier alpha value is -3.29. The van der Waals surface area contributed by atoms with Crippen LogP contribution in [0.15, 0.2) is 60.7 Å². The Balaban J connectivity index is 1.32. The second-order valence-corrected chi connectivity index (χ2v) is 7.98. The fraction of sp³-hybridized carbons (Fsp3) is 0.320. The molecule has 0 radical (unpaired) electrons. The Morgan fingerprint density at radius 1 is 1.00 bits per heavy atom. The van der Waals surface area contributed by atoms with Crippen molar-refractivity contribution in [2.45, 2.75) is 12.5 Å². The summed E-state index contributed by atoms with van der Waals surface area (Å²) in [4.78, 5) is 43.0. The molecule has 0 bridgehead atoms.